The van der Waals surface area contributed by atoms with Crippen molar-refractivity contribution in [3.05, 3.63) is 0 Å². The number of aliphatic hydroxyl groups excluding tert-OH is 7. The second kappa shape index (κ2) is 7.01. The first-order chi connectivity index (χ1) is 10.3. The molecule has 0 aromatic heterocycles. The van der Waals surface area contributed by atoms with Gasteiger partial charge in [0.2, 0.25) is 0 Å². The number of hydrogen-bond acceptors (Lipinski definition) is 10. The maximum atomic E-state index is 9.93. The van der Waals surface area contributed by atoms with Crippen LogP contribution in [0.15, 0.2) is 0 Å². The van der Waals surface area contributed by atoms with Gasteiger partial charge in [-0.2, -0.15) is 0 Å². The topological polar surface area (TPSA) is 169 Å². The molecule has 2 heterocycles. The monoisotopic (exact) mass is 326 g/mol. The summed E-state index contributed by atoms with van der Waals surface area (Å²) in [6.07, 6.45) is -14.3. The molecule has 10 nitrogen and oxygen atoms in total. The molecule has 2 fully saturated rings. The molecule has 10 heteroatoms. The van der Waals surface area contributed by atoms with E-state index in [1.54, 1.807) is 0 Å². The first kappa shape index (κ1) is 17.9. The Balaban J connectivity index is 2.06. The summed E-state index contributed by atoms with van der Waals surface area (Å²) in [5, 5.41) is 67.5. The van der Waals surface area contributed by atoms with Crippen LogP contribution in [0.25, 0.3) is 0 Å². The van der Waals surface area contributed by atoms with E-state index in [-0.39, 0.29) is 0 Å². The molecule has 130 valence electrons. The summed E-state index contributed by atoms with van der Waals surface area (Å²) in [6, 6.07) is 0. The highest BCUT2D eigenvalue weighted by atomic mass is 16.7. The fourth-order valence-corrected chi connectivity index (χ4v) is 2.50. The van der Waals surface area contributed by atoms with Crippen LogP contribution in [0.1, 0.15) is 6.92 Å². The summed E-state index contributed by atoms with van der Waals surface area (Å²) in [6.45, 7) is 0.823. The number of ether oxygens (including phenoxy) is 3. The van der Waals surface area contributed by atoms with Gasteiger partial charge in [-0.3, -0.25) is 0 Å². The van der Waals surface area contributed by atoms with Crippen LogP contribution in [-0.2, 0) is 14.2 Å². The number of hydrogen-bond donors (Lipinski definition) is 7. The summed E-state index contributed by atoms with van der Waals surface area (Å²) in [5.41, 5.74) is 0. The molecule has 7 N–H and O–H groups in total. The molecule has 22 heavy (non-hydrogen) atoms. The predicted molar refractivity (Wildman–Crippen MR) is 67.2 cm³/mol. The molecule has 0 bridgehead atoms. The van der Waals surface area contributed by atoms with Gasteiger partial charge in [0.15, 0.2) is 12.6 Å². The normalized spacial score (nSPS) is 53.5. The maximum absolute atomic E-state index is 9.93. The van der Waals surface area contributed by atoms with Crippen LogP contribution >= 0.6 is 0 Å². The quantitative estimate of drug-likeness (QED) is 0.269. The van der Waals surface area contributed by atoms with Gasteiger partial charge in [-0.05, 0) is 6.92 Å². The molecular weight excluding hydrogens is 304 g/mol. The highest BCUT2D eigenvalue weighted by Crippen LogP contribution is 2.28. The van der Waals surface area contributed by atoms with Crippen molar-refractivity contribution >= 4 is 0 Å². The fraction of sp³-hybridized carbons (Fsp3) is 1.00. The largest absolute Gasteiger partial charge is 0.394 e. The van der Waals surface area contributed by atoms with Gasteiger partial charge in [0.25, 0.3) is 0 Å². The first-order valence-corrected chi connectivity index (χ1v) is 6.93. The minimum Gasteiger partial charge on any atom is -0.394 e. The standard InChI is InChI=1S/C12H22O10/c1-3-5(14)7(16)9(18)12(20-3)22-10-8(17)6(15)4(2-13)21-11(10)19/h3-19H,2H2,1H3/t3-,4+,5+,6+,7-,8-,9-,10+,11+,12+/m1/s1. The van der Waals surface area contributed by atoms with Crippen molar-refractivity contribution in [3.63, 3.8) is 0 Å². The lowest BCUT2D eigenvalue weighted by atomic mass is 9.97. The zero-order valence-electron chi connectivity index (χ0n) is 11.8. The second-order valence-corrected chi connectivity index (χ2v) is 5.51. The molecule has 2 rings (SSSR count). The van der Waals surface area contributed by atoms with Crippen molar-refractivity contribution in [2.24, 2.45) is 0 Å². The van der Waals surface area contributed by atoms with E-state index >= 15 is 0 Å². The van der Waals surface area contributed by atoms with E-state index in [1.165, 1.54) is 6.92 Å². The molecule has 0 aliphatic carbocycles. The van der Waals surface area contributed by atoms with E-state index in [9.17, 15) is 30.6 Å². The van der Waals surface area contributed by atoms with Gasteiger partial charge in [-0.1, -0.05) is 0 Å². The molecule has 0 aromatic carbocycles. The van der Waals surface area contributed by atoms with Gasteiger partial charge in [0.1, 0.15) is 42.7 Å². The van der Waals surface area contributed by atoms with E-state index in [2.05, 4.69) is 0 Å². The average molecular weight is 326 g/mol. The molecule has 10 atom stereocenters. The summed E-state index contributed by atoms with van der Waals surface area (Å²) >= 11 is 0. The third-order valence-corrected chi connectivity index (χ3v) is 3.94. The van der Waals surface area contributed by atoms with Gasteiger partial charge >= 0.3 is 0 Å². The molecule has 0 amide bonds. The molecular formula is C12H22O10. The molecule has 2 aliphatic heterocycles. The van der Waals surface area contributed by atoms with Gasteiger partial charge in [-0.25, -0.2) is 0 Å². The number of aliphatic hydroxyl groups is 7. The molecule has 0 spiro atoms. The SMILES string of the molecule is C[C@H]1O[C@@H](O[C@H]2[C@H](O)[C@@H](O)[C@H](CO)O[C@@H]2O)[C@H](O)[C@H](O)[C@H]1O. The summed E-state index contributed by atoms with van der Waals surface area (Å²) in [5.74, 6) is 0. The van der Waals surface area contributed by atoms with Crippen LogP contribution in [0.2, 0.25) is 0 Å². The van der Waals surface area contributed by atoms with Crippen LogP contribution in [-0.4, -0.2) is 104 Å². The fourth-order valence-electron chi connectivity index (χ4n) is 2.50. The van der Waals surface area contributed by atoms with Crippen LogP contribution in [0.4, 0.5) is 0 Å². The van der Waals surface area contributed by atoms with Gasteiger partial charge < -0.3 is 50.0 Å². The van der Waals surface area contributed by atoms with E-state index in [1.807, 2.05) is 0 Å². The van der Waals surface area contributed by atoms with E-state index in [0.717, 1.165) is 0 Å². The second-order valence-electron chi connectivity index (χ2n) is 5.51. The Morgan fingerprint density at radius 1 is 0.818 bits per heavy atom. The minimum atomic E-state index is -1.69. The highest BCUT2D eigenvalue weighted by molar-refractivity contribution is 4.92. The lowest BCUT2D eigenvalue weighted by Crippen LogP contribution is -2.63. The van der Waals surface area contributed by atoms with Crippen molar-refractivity contribution in [2.75, 3.05) is 6.61 Å². The summed E-state index contributed by atoms with van der Waals surface area (Å²) in [4.78, 5) is 0. The van der Waals surface area contributed by atoms with E-state index in [0.29, 0.717) is 0 Å². The lowest BCUT2D eigenvalue weighted by Gasteiger charge is -2.44. The Labute approximate surface area is 126 Å². The molecule has 2 aliphatic rings. The highest BCUT2D eigenvalue weighted by Gasteiger charge is 2.49. The Hall–Kier alpha value is -0.400. The van der Waals surface area contributed by atoms with Crippen molar-refractivity contribution in [1.29, 1.82) is 0 Å². The van der Waals surface area contributed by atoms with Crippen molar-refractivity contribution in [1.82, 2.24) is 0 Å². The van der Waals surface area contributed by atoms with Gasteiger partial charge in [0, 0.05) is 0 Å². The molecule has 0 radical (unpaired) electrons. The van der Waals surface area contributed by atoms with Crippen LogP contribution in [0.3, 0.4) is 0 Å². The third kappa shape index (κ3) is 3.26. The van der Waals surface area contributed by atoms with Crippen LogP contribution in [0.5, 0.6) is 0 Å². The zero-order chi connectivity index (χ0) is 16.6. The summed E-state index contributed by atoms with van der Waals surface area (Å²) < 4.78 is 15.3. The maximum Gasteiger partial charge on any atom is 0.187 e. The smallest absolute Gasteiger partial charge is 0.187 e. The molecule has 2 saturated heterocycles. The van der Waals surface area contributed by atoms with Crippen LogP contribution in [0, 0.1) is 0 Å². The Morgan fingerprint density at radius 3 is 2.05 bits per heavy atom. The van der Waals surface area contributed by atoms with Crippen molar-refractivity contribution < 1.29 is 50.0 Å². The van der Waals surface area contributed by atoms with E-state index in [4.69, 9.17) is 19.3 Å². The third-order valence-electron chi connectivity index (χ3n) is 3.94. The molecule has 0 aromatic rings. The van der Waals surface area contributed by atoms with Gasteiger partial charge in [-0.15, -0.1) is 0 Å². The Morgan fingerprint density at radius 2 is 1.45 bits per heavy atom. The Kier molecular flexibility index (Phi) is 5.72. The van der Waals surface area contributed by atoms with Crippen LogP contribution < -0.4 is 0 Å². The summed E-state index contributed by atoms with van der Waals surface area (Å²) in [7, 11) is 0. The Bertz CT molecular complexity index is 368. The molecule has 0 saturated carbocycles. The van der Waals surface area contributed by atoms with Crippen molar-refractivity contribution in [2.45, 2.75) is 68.3 Å². The lowest BCUT2D eigenvalue weighted by molar-refractivity contribution is -0.358. The molecule has 0 unspecified atom stereocenters. The number of rotatable bonds is 3. The minimum absolute atomic E-state index is 0.619. The van der Waals surface area contributed by atoms with Gasteiger partial charge in [0.05, 0.1) is 12.7 Å². The average Bonchev–Trinajstić information content (AvgIpc) is 2.49. The first-order valence-electron chi connectivity index (χ1n) is 6.93. The zero-order valence-corrected chi connectivity index (χ0v) is 11.8. The van der Waals surface area contributed by atoms with E-state index < -0.39 is 68.0 Å². The predicted octanol–water partition coefficient (Wildman–Crippen LogP) is -4.37. The van der Waals surface area contributed by atoms with Crippen molar-refractivity contribution in [3.8, 4) is 0 Å².